The van der Waals surface area contributed by atoms with Crippen LogP contribution in [0.2, 0.25) is 0 Å². The van der Waals surface area contributed by atoms with Gasteiger partial charge in [-0.15, -0.1) is 11.3 Å². The van der Waals surface area contributed by atoms with Crippen LogP contribution in [0.4, 0.5) is 15.8 Å². The molecule has 40 heavy (non-hydrogen) atoms. The third-order valence-corrected chi connectivity index (χ3v) is 8.36. The molecule has 0 fully saturated rings. The number of rotatable bonds is 5. The molecule has 3 aromatic carbocycles. The van der Waals surface area contributed by atoms with E-state index in [-0.39, 0.29) is 29.8 Å². The maximum absolute atomic E-state index is 14.1. The van der Waals surface area contributed by atoms with Crippen LogP contribution >= 0.6 is 11.3 Å². The van der Waals surface area contributed by atoms with Crippen molar-refractivity contribution >= 4 is 34.4 Å². The zero-order valence-electron chi connectivity index (χ0n) is 22.0. The minimum atomic E-state index is -0.736. The van der Waals surface area contributed by atoms with Crippen LogP contribution in [-0.4, -0.2) is 25.9 Å². The highest BCUT2D eigenvalue weighted by Gasteiger charge is 2.42. The van der Waals surface area contributed by atoms with E-state index >= 15 is 0 Å². The van der Waals surface area contributed by atoms with E-state index in [0.29, 0.717) is 39.6 Å². The summed E-state index contributed by atoms with van der Waals surface area (Å²) in [6, 6.07) is 22.2. The number of thiophene rings is 1. The summed E-state index contributed by atoms with van der Waals surface area (Å²) in [7, 11) is 3.18. The summed E-state index contributed by atoms with van der Waals surface area (Å²) >= 11 is 1.35. The molecule has 6 nitrogen and oxygen atoms in total. The number of Topliss-reactive ketones (excluding diaryl/α,β-unsaturated/α-hetero) is 1. The van der Waals surface area contributed by atoms with Gasteiger partial charge in [0.25, 0.3) is 5.91 Å². The molecule has 8 heteroatoms. The lowest BCUT2D eigenvalue weighted by Gasteiger charge is -2.35. The minimum Gasteiger partial charge on any atom is -0.493 e. The third kappa shape index (κ3) is 4.54. The number of allylic oxidation sites excluding steroid dienone is 1. The zero-order chi connectivity index (χ0) is 27.8. The Balaban J connectivity index is 1.52. The summed E-state index contributed by atoms with van der Waals surface area (Å²) in [4.78, 5) is 30.5. The molecular formula is C32H27FN2O4S. The average Bonchev–Trinajstić information content (AvgIpc) is 3.47. The quantitative estimate of drug-likeness (QED) is 0.285. The predicted octanol–water partition coefficient (Wildman–Crippen LogP) is 7.12. The lowest BCUT2D eigenvalue weighted by Crippen LogP contribution is -2.38. The number of nitrogens with one attached hydrogen (secondary N) is 1. The molecule has 1 aromatic heterocycles. The van der Waals surface area contributed by atoms with Gasteiger partial charge in [0.1, 0.15) is 5.82 Å². The molecule has 6 rings (SSSR count). The van der Waals surface area contributed by atoms with Crippen LogP contribution in [0.15, 0.2) is 95.5 Å². The van der Waals surface area contributed by atoms with Gasteiger partial charge in [-0.2, -0.15) is 0 Å². The number of fused-ring (bicyclic) bond motifs is 1. The van der Waals surface area contributed by atoms with Gasteiger partial charge in [0.15, 0.2) is 17.3 Å². The Labute approximate surface area is 235 Å². The molecule has 2 heterocycles. The fraction of sp³-hybridized carbons (Fsp3) is 0.188. The largest absolute Gasteiger partial charge is 0.493 e. The Morgan fingerprint density at radius 1 is 0.925 bits per heavy atom. The van der Waals surface area contributed by atoms with Crippen molar-refractivity contribution in [3.63, 3.8) is 0 Å². The van der Waals surface area contributed by atoms with E-state index in [0.717, 1.165) is 16.9 Å². The van der Waals surface area contributed by atoms with E-state index in [4.69, 9.17) is 9.47 Å². The van der Waals surface area contributed by atoms with Crippen molar-refractivity contribution in [2.45, 2.75) is 24.8 Å². The molecule has 1 amide bonds. The number of benzene rings is 3. The maximum atomic E-state index is 14.1. The summed E-state index contributed by atoms with van der Waals surface area (Å²) in [5.74, 6) is 0.433. The van der Waals surface area contributed by atoms with E-state index in [1.54, 1.807) is 37.3 Å². The van der Waals surface area contributed by atoms with Crippen molar-refractivity contribution < 1.29 is 23.5 Å². The summed E-state index contributed by atoms with van der Waals surface area (Å²) in [5, 5.41) is 5.38. The molecule has 2 atom stereocenters. The average molecular weight is 555 g/mol. The van der Waals surface area contributed by atoms with Crippen LogP contribution in [0.3, 0.4) is 0 Å². The molecule has 4 aromatic rings. The van der Waals surface area contributed by atoms with E-state index in [1.807, 2.05) is 53.9 Å². The maximum Gasteiger partial charge on any atom is 0.269 e. The number of ketones is 1. The molecular weight excluding hydrogens is 527 g/mol. The van der Waals surface area contributed by atoms with Crippen LogP contribution in [-0.2, 0) is 4.79 Å². The fourth-order valence-corrected chi connectivity index (χ4v) is 6.30. The normalized spacial score (nSPS) is 18.4. The van der Waals surface area contributed by atoms with Gasteiger partial charge in [0.2, 0.25) is 0 Å². The second-order valence-electron chi connectivity index (χ2n) is 9.78. The Morgan fingerprint density at radius 3 is 2.40 bits per heavy atom. The second-order valence-corrected chi connectivity index (χ2v) is 10.7. The van der Waals surface area contributed by atoms with Gasteiger partial charge in [-0.1, -0.05) is 36.4 Å². The van der Waals surface area contributed by atoms with Crippen LogP contribution in [0.25, 0.3) is 0 Å². The minimum absolute atomic E-state index is 0.0698. The number of hydrogen-bond donors (Lipinski definition) is 1. The van der Waals surface area contributed by atoms with E-state index < -0.39 is 6.04 Å². The van der Waals surface area contributed by atoms with Crippen LogP contribution in [0, 0.1) is 5.82 Å². The molecule has 1 N–H and O–H groups in total. The van der Waals surface area contributed by atoms with Gasteiger partial charge in [0, 0.05) is 17.7 Å². The first-order valence-corrected chi connectivity index (χ1v) is 13.8. The smallest absolute Gasteiger partial charge is 0.269 e. The molecule has 1 aliphatic heterocycles. The van der Waals surface area contributed by atoms with E-state index in [9.17, 15) is 14.0 Å². The van der Waals surface area contributed by atoms with Gasteiger partial charge in [-0.05, 0) is 71.3 Å². The van der Waals surface area contributed by atoms with E-state index in [1.165, 1.54) is 23.5 Å². The van der Waals surface area contributed by atoms with Crippen molar-refractivity contribution in [3.8, 4) is 11.5 Å². The highest BCUT2D eigenvalue weighted by molar-refractivity contribution is 7.12. The molecule has 0 unspecified atom stereocenters. The van der Waals surface area contributed by atoms with Gasteiger partial charge < -0.3 is 14.8 Å². The standard InChI is InChI=1S/C32H27FN2O4S/c1-38-27-14-11-20(18-28(27)39-2)21-16-24-30(26(36)17-21)31(19-9-12-22(33)13-10-19)35(32(37)29-8-5-15-40-29)25-7-4-3-6-23(25)34-24/h3-15,18,21,31,34H,16-17H2,1-2H3/t21-,31+/m1/s1. The number of halogens is 1. The molecule has 0 saturated heterocycles. The van der Waals surface area contributed by atoms with Crippen LogP contribution in [0.5, 0.6) is 11.5 Å². The molecule has 0 bridgehead atoms. The first-order chi connectivity index (χ1) is 19.5. The monoisotopic (exact) mass is 554 g/mol. The Kier molecular flexibility index (Phi) is 6.86. The number of hydrogen-bond acceptors (Lipinski definition) is 6. The number of methoxy groups -OCH3 is 2. The molecule has 0 spiro atoms. The predicted molar refractivity (Wildman–Crippen MR) is 154 cm³/mol. The summed E-state index contributed by atoms with van der Waals surface area (Å²) < 4.78 is 24.9. The number of ether oxygens (including phenoxy) is 2. The molecule has 0 saturated carbocycles. The number of para-hydroxylation sites is 2. The first-order valence-electron chi connectivity index (χ1n) is 12.9. The van der Waals surface area contributed by atoms with Crippen LogP contribution in [0.1, 0.15) is 45.6 Å². The van der Waals surface area contributed by atoms with Crippen molar-refractivity contribution in [3.05, 3.63) is 117 Å². The lowest BCUT2D eigenvalue weighted by molar-refractivity contribution is -0.116. The van der Waals surface area contributed by atoms with Crippen molar-refractivity contribution in [2.24, 2.45) is 0 Å². The van der Waals surface area contributed by atoms with Crippen molar-refractivity contribution in [1.82, 2.24) is 0 Å². The van der Waals surface area contributed by atoms with Gasteiger partial charge in [-0.25, -0.2) is 4.39 Å². The highest BCUT2D eigenvalue weighted by atomic mass is 32.1. The molecule has 0 radical (unpaired) electrons. The lowest BCUT2D eigenvalue weighted by atomic mass is 9.78. The topological polar surface area (TPSA) is 67.9 Å². The fourth-order valence-electron chi connectivity index (χ4n) is 5.64. The Morgan fingerprint density at radius 2 is 1.68 bits per heavy atom. The molecule has 1 aliphatic carbocycles. The SMILES string of the molecule is COc1ccc([C@H]2CC(=O)C3=C(C2)Nc2ccccc2N(C(=O)c2cccs2)[C@H]3c2ccc(F)cc2)cc1OC. The Bertz CT molecular complexity index is 1610. The molecule has 2 aliphatic rings. The summed E-state index contributed by atoms with van der Waals surface area (Å²) in [6.07, 6.45) is 0.800. The van der Waals surface area contributed by atoms with Gasteiger partial charge in [-0.3, -0.25) is 14.5 Å². The number of carbonyl (C=O) groups excluding carboxylic acids is 2. The summed E-state index contributed by atoms with van der Waals surface area (Å²) in [5.41, 5.74) is 4.27. The Hall–Kier alpha value is -4.43. The number of nitrogens with zero attached hydrogens (tertiary/aromatic N) is 1. The number of anilines is 2. The third-order valence-electron chi connectivity index (χ3n) is 7.50. The first kappa shape index (κ1) is 25.8. The van der Waals surface area contributed by atoms with E-state index in [2.05, 4.69) is 5.32 Å². The van der Waals surface area contributed by atoms with Gasteiger partial charge >= 0.3 is 0 Å². The highest BCUT2D eigenvalue weighted by Crippen LogP contribution is 2.48. The number of carbonyl (C=O) groups is 2. The zero-order valence-corrected chi connectivity index (χ0v) is 22.8. The van der Waals surface area contributed by atoms with Crippen molar-refractivity contribution in [1.29, 1.82) is 0 Å². The molecule has 202 valence electrons. The summed E-state index contributed by atoms with van der Waals surface area (Å²) in [6.45, 7) is 0. The number of amides is 1. The van der Waals surface area contributed by atoms with Gasteiger partial charge in [0.05, 0.1) is 36.5 Å². The second kappa shape index (κ2) is 10.6. The van der Waals surface area contributed by atoms with Crippen molar-refractivity contribution in [2.75, 3.05) is 24.4 Å². The van der Waals surface area contributed by atoms with Crippen LogP contribution < -0.4 is 19.7 Å².